The molecule has 2 fully saturated rings. The maximum atomic E-state index is 12.9. The quantitative estimate of drug-likeness (QED) is 0.884. The van der Waals surface area contributed by atoms with Crippen LogP contribution in [0.1, 0.15) is 18.4 Å². The van der Waals surface area contributed by atoms with Gasteiger partial charge in [-0.25, -0.2) is 0 Å². The van der Waals surface area contributed by atoms with Gasteiger partial charge in [0.05, 0.1) is 6.61 Å². The van der Waals surface area contributed by atoms with Gasteiger partial charge in [0, 0.05) is 32.7 Å². The zero-order valence-electron chi connectivity index (χ0n) is 14.6. The average Bonchev–Trinajstić information content (AvgIpc) is 2.63. The highest BCUT2D eigenvalue weighted by Crippen LogP contribution is 2.19. The number of nitrogens with zero attached hydrogens (tertiary/aromatic N) is 2. The first-order chi connectivity index (χ1) is 11.8. The second kappa shape index (κ2) is 8.60. The summed E-state index contributed by atoms with van der Waals surface area (Å²) in [7, 11) is 1.98. The SMILES string of the molecule is CNCC1CCCN(C(=O)C2CN(Cc3ccccc3)CCO2)C1. The second-order valence-electron chi connectivity index (χ2n) is 6.93. The summed E-state index contributed by atoms with van der Waals surface area (Å²) in [5, 5.41) is 3.23. The lowest BCUT2D eigenvalue weighted by Gasteiger charge is -2.38. The molecule has 2 aliphatic rings. The highest BCUT2D eigenvalue weighted by atomic mass is 16.5. The fraction of sp³-hybridized carbons (Fsp3) is 0.632. The Kier molecular flexibility index (Phi) is 6.24. The van der Waals surface area contributed by atoms with E-state index in [4.69, 9.17) is 4.74 Å². The summed E-state index contributed by atoms with van der Waals surface area (Å²) < 4.78 is 5.81. The van der Waals surface area contributed by atoms with E-state index in [-0.39, 0.29) is 12.0 Å². The Labute approximate surface area is 145 Å². The van der Waals surface area contributed by atoms with Gasteiger partial charge in [-0.1, -0.05) is 30.3 Å². The molecule has 1 amide bonds. The van der Waals surface area contributed by atoms with Crippen molar-refractivity contribution >= 4 is 5.91 Å². The van der Waals surface area contributed by atoms with Crippen molar-refractivity contribution in [2.75, 3.05) is 46.4 Å². The van der Waals surface area contributed by atoms with Crippen LogP contribution in [-0.4, -0.2) is 68.2 Å². The Bertz CT molecular complexity index is 521. The van der Waals surface area contributed by atoms with Gasteiger partial charge in [0.1, 0.15) is 6.10 Å². The summed E-state index contributed by atoms with van der Waals surface area (Å²) in [6, 6.07) is 10.4. The van der Waals surface area contributed by atoms with Crippen molar-refractivity contribution in [3.8, 4) is 0 Å². The van der Waals surface area contributed by atoms with Gasteiger partial charge in [0.2, 0.25) is 0 Å². The van der Waals surface area contributed by atoms with E-state index in [1.165, 1.54) is 12.0 Å². The third-order valence-electron chi connectivity index (χ3n) is 5.00. The van der Waals surface area contributed by atoms with E-state index >= 15 is 0 Å². The van der Waals surface area contributed by atoms with Crippen molar-refractivity contribution in [2.45, 2.75) is 25.5 Å². The molecule has 1 aromatic rings. The third kappa shape index (κ3) is 4.56. The molecule has 2 saturated heterocycles. The van der Waals surface area contributed by atoms with Gasteiger partial charge in [-0.15, -0.1) is 0 Å². The molecule has 1 aromatic carbocycles. The van der Waals surface area contributed by atoms with Crippen molar-refractivity contribution < 1.29 is 9.53 Å². The molecule has 5 heteroatoms. The first-order valence-electron chi connectivity index (χ1n) is 9.07. The van der Waals surface area contributed by atoms with Gasteiger partial charge in [0.15, 0.2) is 0 Å². The molecule has 0 spiro atoms. The Hall–Kier alpha value is -1.43. The fourth-order valence-corrected chi connectivity index (χ4v) is 3.76. The number of hydrogen-bond donors (Lipinski definition) is 1. The Morgan fingerprint density at radius 1 is 1.25 bits per heavy atom. The van der Waals surface area contributed by atoms with Gasteiger partial charge in [-0.05, 0) is 37.9 Å². The minimum Gasteiger partial charge on any atom is -0.366 e. The molecule has 2 atom stereocenters. The van der Waals surface area contributed by atoms with Gasteiger partial charge in [-0.2, -0.15) is 0 Å². The summed E-state index contributed by atoms with van der Waals surface area (Å²) in [6.45, 7) is 5.82. The lowest BCUT2D eigenvalue weighted by Crippen LogP contribution is -2.53. The molecular formula is C19H29N3O2. The number of rotatable bonds is 5. The molecule has 0 bridgehead atoms. The largest absolute Gasteiger partial charge is 0.366 e. The number of benzene rings is 1. The van der Waals surface area contributed by atoms with Crippen LogP contribution in [-0.2, 0) is 16.1 Å². The number of amides is 1. The third-order valence-corrected chi connectivity index (χ3v) is 5.00. The summed E-state index contributed by atoms with van der Waals surface area (Å²) in [5.74, 6) is 0.741. The predicted octanol–water partition coefficient (Wildman–Crippen LogP) is 1.35. The molecule has 1 N–H and O–H groups in total. The van der Waals surface area contributed by atoms with Gasteiger partial charge < -0.3 is 15.0 Å². The molecule has 0 radical (unpaired) electrons. The number of carbonyl (C=O) groups is 1. The molecule has 2 unspecified atom stereocenters. The van der Waals surface area contributed by atoms with Crippen LogP contribution in [0, 0.1) is 5.92 Å². The van der Waals surface area contributed by atoms with E-state index in [2.05, 4.69) is 34.5 Å². The number of likely N-dealkylation sites (tertiary alicyclic amines) is 1. The number of carbonyl (C=O) groups excluding carboxylic acids is 1. The topological polar surface area (TPSA) is 44.8 Å². The van der Waals surface area contributed by atoms with Crippen molar-refractivity contribution in [3.63, 3.8) is 0 Å². The molecule has 3 rings (SSSR count). The smallest absolute Gasteiger partial charge is 0.253 e. The highest BCUT2D eigenvalue weighted by Gasteiger charge is 2.32. The van der Waals surface area contributed by atoms with E-state index in [0.29, 0.717) is 19.1 Å². The van der Waals surface area contributed by atoms with Crippen molar-refractivity contribution in [3.05, 3.63) is 35.9 Å². The van der Waals surface area contributed by atoms with Crippen LogP contribution in [0.3, 0.4) is 0 Å². The van der Waals surface area contributed by atoms with Crippen LogP contribution in [0.4, 0.5) is 0 Å². The number of piperidine rings is 1. The maximum absolute atomic E-state index is 12.9. The zero-order chi connectivity index (χ0) is 16.8. The van der Waals surface area contributed by atoms with E-state index in [9.17, 15) is 4.79 Å². The number of morpholine rings is 1. The standard InChI is InChI=1S/C19H29N3O2/c1-20-12-17-8-5-9-22(14-17)19(23)18-15-21(10-11-24-18)13-16-6-3-2-4-7-16/h2-4,6-7,17-18,20H,5,8-15H2,1H3. The summed E-state index contributed by atoms with van der Waals surface area (Å²) in [4.78, 5) is 17.2. The van der Waals surface area contributed by atoms with Gasteiger partial charge in [0.25, 0.3) is 5.91 Å². The summed E-state index contributed by atoms with van der Waals surface area (Å²) in [6.07, 6.45) is 1.99. The van der Waals surface area contributed by atoms with Gasteiger partial charge >= 0.3 is 0 Å². The van der Waals surface area contributed by atoms with Crippen LogP contribution >= 0.6 is 0 Å². The van der Waals surface area contributed by atoms with Crippen molar-refractivity contribution in [1.29, 1.82) is 0 Å². The molecule has 24 heavy (non-hydrogen) atoms. The molecule has 2 heterocycles. The summed E-state index contributed by atoms with van der Waals surface area (Å²) >= 11 is 0. The Morgan fingerprint density at radius 2 is 2.08 bits per heavy atom. The first kappa shape index (κ1) is 17.4. The first-order valence-corrected chi connectivity index (χ1v) is 9.07. The number of nitrogens with one attached hydrogen (secondary N) is 1. The van der Waals surface area contributed by atoms with Crippen LogP contribution in [0.25, 0.3) is 0 Å². The van der Waals surface area contributed by atoms with Crippen molar-refractivity contribution in [2.24, 2.45) is 5.92 Å². The Morgan fingerprint density at radius 3 is 2.88 bits per heavy atom. The van der Waals surface area contributed by atoms with Crippen molar-refractivity contribution in [1.82, 2.24) is 15.1 Å². The minimum absolute atomic E-state index is 0.175. The van der Waals surface area contributed by atoms with E-state index in [1.807, 2.05) is 18.0 Å². The fourth-order valence-electron chi connectivity index (χ4n) is 3.76. The van der Waals surface area contributed by atoms with Crippen LogP contribution in [0.15, 0.2) is 30.3 Å². The van der Waals surface area contributed by atoms with Crippen LogP contribution in [0.2, 0.25) is 0 Å². The summed E-state index contributed by atoms with van der Waals surface area (Å²) in [5.41, 5.74) is 1.29. The number of ether oxygens (including phenoxy) is 1. The maximum Gasteiger partial charge on any atom is 0.253 e. The molecule has 0 aliphatic carbocycles. The van der Waals surface area contributed by atoms with Crippen LogP contribution < -0.4 is 5.32 Å². The minimum atomic E-state index is -0.309. The zero-order valence-corrected chi connectivity index (χ0v) is 14.6. The molecular weight excluding hydrogens is 302 g/mol. The Balaban J connectivity index is 1.54. The molecule has 5 nitrogen and oxygen atoms in total. The average molecular weight is 331 g/mol. The normalized spacial score (nSPS) is 25.6. The van der Waals surface area contributed by atoms with Gasteiger partial charge in [-0.3, -0.25) is 9.69 Å². The number of hydrogen-bond acceptors (Lipinski definition) is 4. The van der Waals surface area contributed by atoms with Crippen LogP contribution in [0.5, 0.6) is 0 Å². The monoisotopic (exact) mass is 331 g/mol. The lowest BCUT2D eigenvalue weighted by atomic mass is 9.97. The highest BCUT2D eigenvalue weighted by molar-refractivity contribution is 5.81. The predicted molar refractivity (Wildman–Crippen MR) is 94.7 cm³/mol. The lowest BCUT2D eigenvalue weighted by molar-refractivity contribution is -0.151. The second-order valence-corrected chi connectivity index (χ2v) is 6.93. The molecule has 132 valence electrons. The molecule has 0 aromatic heterocycles. The molecule has 2 aliphatic heterocycles. The molecule has 0 saturated carbocycles. The van der Waals surface area contributed by atoms with E-state index in [1.54, 1.807) is 0 Å². The van der Waals surface area contributed by atoms with E-state index in [0.717, 1.165) is 39.1 Å². The van der Waals surface area contributed by atoms with E-state index < -0.39 is 0 Å².